The largest absolute Gasteiger partial charge is 0.389 e. The standard InChI is InChI=1S/C17H27NO/c1-14-7-6-10-17(11-14,13-18)16(2,19)12-15-8-4-3-5-9-15/h3-5,8-9,14,19H,6-7,10-13,18H2,1-2H3. The van der Waals surface area contributed by atoms with Crippen LogP contribution in [0.25, 0.3) is 0 Å². The molecule has 0 saturated heterocycles. The van der Waals surface area contributed by atoms with E-state index in [1.54, 1.807) is 0 Å². The second kappa shape index (κ2) is 5.64. The van der Waals surface area contributed by atoms with Gasteiger partial charge in [0.1, 0.15) is 0 Å². The van der Waals surface area contributed by atoms with Gasteiger partial charge in [-0.2, -0.15) is 0 Å². The van der Waals surface area contributed by atoms with Crippen molar-refractivity contribution >= 4 is 0 Å². The Morgan fingerprint density at radius 3 is 2.63 bits per heavy atom. The van der Waals surface area contributed by atoms with Gasteiger partial charge in [0, 0.05) is 18.4 Å². The van der Waals surface area contributed by atoms with Crippen LogP contribution in [0.5, 0.6) is 0 Å². The van der Waals surface area contributed by atoms with Gasteiger partial charge < -0.3 is 10.8 Å². The second-order valence-electron chi connectivity index (χ2n) is 6.62. The lowest BCUT2D eigenvalue weighted by Crippen LogP contribution is -2.54. The Labute approximate surface area is 117 Å². The molecule has 1 aromatic carbocycles. The molecule has 0 radical (unpaired) electrons. The number of rotatable bonds is 4. The van der Waals surface area contributed by atoms with Gasteiger partial charge in [-0.3, -0.25) is 0 Å². The van der Waals surface area contributed by atoms with Crippen molar-refractivity contribution in [1.29, 1.82) is 0 Å². The summed E-state index contributed by atoms with van der Waals surface area (Å²) in [6, 6.07) is 10.3. The molecule has 0 aliphatic heterocycles. The molecule has 0 amide bonds. The van der Waals surface area contributed by atoms with Gasteiger partial charge in [0.15, 0.2) is 0 Å². The van der Waals surface area contributed by atoms with Crippen LogP contribution < -0.4 is 5.73 Å². The highest BCUT2D eigenvalue weighted by molar-refractivity contribution is 5.18. The quantitative estimate of drug-likeness (QED) is 0.874. The molecule has 0 heterocycles. The van der Waals surface area contributed by atoms with E-state index in [-0.39, 0.29) is 5.41 Å². The molecule has 2 heteroatoms. The normalized spacial score (nSPS) is 30.8. The van der Waals surface area contributed by atoms with Crippen molar-refractivity contribution in [3.8, 4) is 0 Å². The lowest BCUT2D eigenvalue weighted by Gasteiger charge is -2.49. The van der Waals surface area contributed by atoms with Crippen LogP contribution in [0, 0.1) is 11.3 Å². The summed E-state index contributed by atoms with van der Waals surface area (Å²) in [6.45, 7) is 4.84. The van der Waals surface area contributed by atoms with Crippen molar-refractivity contribution in [1.82, 2.24) is 0 Å². The summed E-state index contributed by atoms with van der Waals surface area (Å²) >= 11 is 0. The van der Waals surface area contributed by atoms with Gasteiger partial charge in [-0.25, -0.2) is 0 Å². The average molecular weight is 261 g/mol. The van der Waals surface area contributed by atoms with Gasteiger partial charge in [-0.05, 0) is 31.2 Å². The predicted octanol–water partition coefficient (Wildman–Crippen LogP) is 3.14. The van der Waals surface area contributed by atoms with Crippen molar-refractivity contribution in [3.63, 3.8) is 0 Å². The van der Waals surface area contributed by atoms with Gasteiger partial charge in [0.2, 0.25) is 0 Å². The highest BCUT2D eigenvalue weighted by Gasteiger charge is 2.47. The van der Waals surface area contributed by atoms with Crippen LogP contribution in [0.3, 0.4) is 0 Å². The van der Waals surface area contributed by atoms with Crippen LogP contribution in [0.1, 0.15) is 45.1 Å². The van der Waals surface area contributed by atoms with E-state index in [4.69, 9.17) is 5.73 Å². The molecule has 1 aliphatic rings. The summed E-state index contributed by atoms with van der Waals surface area (Å²) in [7, 11) is 0. The van der Waals surface area contributed by atoms with Crippen LogP contribution in [0.2, 0.25) is 0 Å². The molecule has 1 fully saturated rings. The van der Waals surface area contributed by atoms with E-state index in [0.29, 0.717) is 18.9 Å². The fourth-order valence-electron chi connectivity index (χ4n) is 3.74. The van der Waals surface area contributed by atoms with Crippen LogP contribution in [0.4, 0.5) is 0 Å². The van der Waals surface area contributed by atoms with Crippen molar-refractivity contribution in [2.75, 3.05) is 6.54 Å². The van der Waals surface area contributed by atoms with E-state index >= 15 is 0 Å². The van der Waals surface area contributed by atoms with Crippen LogP contribution in [0.15, 0.2) is 30.3 Å². The van der Waals surface area contributed by atoms with E-state index in [0.717, 1.165) is 12.8 Å². The minimum Gasteiger partial charge on any atom is -0.389 e. The summed E-state index contributed by atoms with van der Waals surface area (Å²) in [5.74, 6) is 0.666. The Hall–Kier alpha value is -0.860. The van der Waals surface area contributed by atoms with E-state index in [9.17, 15) is 5.11 Å². The summed E-state index contributed by atoms with van der Waals surface area (Å²) in [5.41, 5.74) is 6.42. The Morgan fingerprint density at radius 2 is 2.05 bits per heavy atom. The maximum absolute atomic E-state index is 11.1. The fourth-order valence-corrected chi connectivity index (χ4v) is 3.74. The highest BCUT2D eigenvalue weighted by atomic mass is 16.3. The first-order valence-corrected chi connectivity index (χ1v) is 7.45. The molecule has 3 unspecified atom stereocenters. The van der Waals surface area contributed by atoms with Crippen LogP contribution in [-0.4, -0.2) is 17.3 Å². The summed E-state index contributed by atoms with van der Waals surface area (Å²) in [6.07, 6.45) is 5.24. The van der Waals surface area contributed by atoms with E-state index in [1.165, 1.54) is 18.4 Å². The average Bonchev–Trinajstić information content (AvgIpc) is 2.39. The smallest absolute Gasteiger partial charge is 0.0728 e. The third-order valence-electron chi connectivity index (χ3n) is 5.02. The molecule has 0 spiro atoms. The zero-order valence-electron chi connectivity index (χ0n) is 12.2. The third kappa shape index (κ3) is 3.01. The second-order valence-corrected chi connectivity index (χ2v) is 6.62. The molecule has 19 heavy (non-hydrogen) atoms. The Kier molecular flexibility index (Phi) is 4.32. The van der Waals surface area contributed by atoms with Crippen molar-refractivity contribution < 1.29 is 5.11 Å². The topological polar surface area (TPSA) is 46.2 Å². The van der Waals surface area contributed by atoms with E-state index in [1.807, 2.05) is 25.1 Å². The van der Waals surface area contributed by atoms with Crippen molar-refractivity contribution in [2.24, 2.45) is 17.1 Å². The van der Waals surface area contributed by atoms with Gasteiger partial charge in [0.05, 0.1) is 5.60 Å². The summed E-state index contributed by atoms with van der Waals surface area (Å²) in [5, 5.41) is 11.1. The highest BCUT2D eigenvalue weighted by Crippen LogP contribution is 2.47. The maximum Gasteiger partial charge on any atom is 0.0728 e. The van der Waals surface area contributed by atoms with E-state index < -0.39 is 5.60 Å². The molecule has 0 aromatic heterocycles. The summed E-state index contributed by atoms with van der Waals surface area (Å²) < 4.78 is 0. The van der Waals surface area contributed by atoms with E-state index in [2.05, 4.69) is 19.1 Å². The first-order chi connectivity index (χ1) is 8.99. The molecule has 0 bridgehead atoms. The molecule has 1 saturated carbocycles. The fraction of sp³-hybridized carbons (Fsp3) is 0.647. The third-order valence-corrected chi connectivity index (χ3v) is 5.02. The minimum atomic E-state index is -0.724. The zero-order chi connectivity index (χ0) is 13.9. The molecule has 3 N–H and O–H groups in total. The van der Waals surface area contributed by atoms with Crippen LogP contribution >= 0.6 is 0 Å². The zero-order valence-corrected chi connectivity index (χ0v) is 12.2. The van der Waals surface area contributed by atoms with Gasteiger partial charge in [0.25, 0.3) is 0 Å². The lowest BCUT2D eigenvalue weighted by molar-refractivity contribution is -0.0936. The van der Waals surface area contributed by atoms with Gasteiger partial charge in [-0.1, -0.05) is 50.1 Å². The van der Waals surface area contributed by atoms with Crippen molar-refractivity contribution in [3.05, 3.63) is 35.9 Å². The molecule has 106 valence electrons. The predicted molar refractivity (Wildman–Crippen MR) is 79.9 cm³/mol. The Morgan fingerprint density at radius 1 is 1.37 bits per heavy atom. The number of hydrogen-bond acceptors (Lipinski definition) is 2. The monoisotopic (exact) mass is 261 g/mol. The van der Waals surface area contributed by atoms with Crippen LogP contribution in [-0.2, 0) is 6.42 Å². The van der Waals surface area contributed by atoms with Gasteiger partial charge in [-0.15, -0.1) is 0 Å². The molecule has 1 aromatic rings. The Bertz CT molecular complexity index is 401. The van der Waals surface area contributed by atoms with Crippen molar-refractivity contribution in [2.45, 2.75) is 51.6 Å². The Balaban J connectivity index is 2.20. The molecule has 2 nitrogen and oxygen atoms in total. The SMILES string of the molecule is CC1CCCC(CN)(C(C)(O)Cc2ccccc2)C1. The molecule has 2 rings (SSSR count). The molecule has 1 aliphatic carbocycles. The number of benzene rings is 1. The first-order valence-electron chi connectivity index (χ1n) is 7.45. The molecular formula is C17H27NO. The molecular weight excluding hydrogens is 234 g/mol. The van der Waals surface area contributed by atoms with Gasteiger partial charge >= 0.3 is 0 Å². The summed E-state index contributed by atoms with van der Waals surface area (Å²) in [4.78, 5) is 0. The number of nitrogens with two attached hydrogens (primary N) is 1. The maximum atomic E-state index is 11.1. The minimum absolute atomic E-state index is 0.124. The lowest BCUT2D eigenvalue weighted by atomic mass is 9.60. The number of aliphatic hydroxyl groups is 1. The first kappa shape index (κ1) is 14.5. The number of hydrogen-bond donors (Lipinski definition) is 2. The molecule has 3 atom stereocenters.